The van der Waals surface area contributed by atoms with Crippen molar-refractivity contribution in [2.24, 2.45) is 0 Å². The fourth-order valence-corrected chi connectivity index (χ4v) is 2.21. The lowest BCUT2D eigenvalue weighted by molar-refractivity contribution is 0.199. The molecule has 82 valence electrons. The molecule has 1 aliphatic rings. The van der Waals surface area contributed by atoms with E-state index in [-0.39, 0.29) is 6.10 Å². The fraction of sp³-hybridized carbons (Fsp3) is 0.538. The SMILES string of the molecule is CC(O)c1cccc(C2CCCNC2)c1. The van der Waals surface area contributed by atoms with Crippen LogP contribution in [0.25, 0.3) is 0 Å². The molecule has 15 heavy (non-hydrogen) atoms. The highest BCUT2D eigenvalue weighted by molar-refractivity contribution is 5.28. The average molecular weight is 205 g/mol. The first kappa shape index (κ1) is 10.7. The third-order valence-electron chi connectivity index (χ3n) is 3.16. The predicted octanol–water partition coefficient (Wildman–Crippen LogP) is 2.21. The van der Waals surface area contributed by atoms with Crippen LogP contribution in [-0.4, -0.2) is 18.2 Å². The summed E-state index contributed by atoms with van der Waals surface area (Å²) in [5, 5.41) is 13.0. The Hall–Kier alpha value is -0.860. The lowest BCUT2D eigenvalue weighted by Crippen LogP contribution is -2.28. The second-order valence-corrected chi connectivity index (χ2v) is 4.39. The number of benzene rings is 1. The van der Waals surface area contributed by atoms with E-state index >= 15 is 0 Å². The van der Waals surface area contributed by atoms with Gasteiger partial charge in [0, 0.05) is 6.54 Å². The zero-order chi connectivity index (χ0) is 10.7. The van der Waals surface area contributed by atoms with Crippen LogP contribution in [0.4, 0.5) is 0 Å². The molecule has 1 aromatic rings. The van der Waals surface area contributed by atoms with Crippen molar-refractivity contribution in [3.63, 3.8) is 0 Å². The van der Waals surface area contributed by atoms with Gasteiger partial charge in [-0.3, -0.25) is 0 Å². The summed E-state index contributed by atoms with van der Waals surface area (Å²) >= 11 is 0. The van der Waals surface area contributed by atoms with Crippen molar-refractivity contribution >= 4 is 0 Å². The van der Waals surface area contributed by atoms with Crippen LogP contribution in [0.2, 0.25) is 0 Å². The number of piperidine rings is 1. The molecule has 0 radical (unpaired) electrons. The summed E-state index contributed by atoms with van der Waals surface area (Å²) in [6, 6.07) is 8.35. The second-order valence-electron chi connectivity index (χ2n) is 4.39. The molecule has 0 bridgehead atoms. The molecule has 1 heterocycles. The maximum atomic E-state index is 9.53. The van der Waals surface area contributed by atoms with Gasteiger partial charge in [0.05, 0.1) is 6.10 Å². The third-order valence-corrected chi connectivity index (χ3v) is 3.16. The van der Waals surface area contributed by atoms with E-state index in [1.54, 1.807) is 0 Å². The van der Waals surface area contributed by atoms with E-state index in [1.165, 1.54) is 18.4 Å². The van der Waals surface area contributed by atoms with Crippen molar-refractivity contribution in [1.29, 1.82) is 0 Å². The van der Waals surface area contributed by atoms with Gasteiger partial charge in [0.2, 0.25) is 0 Å². The minimum Gasteiger partial charge on any atom is -0.389 e. The van der Waals surface area contributed by atoms with E-state index in [9.17, 15) is 5.11 Å². The van der Waals surface area contributed by atoms with Crippen LogP contribution >= 0.6 is 0 Å². The summed E-state index contributed by atoms with van der Waals surface area (Å²) in [4.78, 5) is 0. The average Bonchev–Trinajstić information content (AvgIpc) is 2.30. The van der Waals surface area contributed by atoms with Gasteiger partial charge in [0.25, 0.3) is 0 Å². The molecule has 0 aliphatic carbocycles. The summed E-state index contributed by atoms with van der Waals surface area (Å²) in [6.07, 6.45) is 2.15. The van der Waals surface area contributed by atoms with Crippen molar-refractivity contribution in [3.8, 4) is 0 Å². The Labute approximate surface area is 91.3 Å². The zero-order valence-electron chi connectivity index (χ0n) is 9.24. The van der Waals surface area contributed by atoms with E-state index in [2.05, 4.69) is 17.4 Å². The van der Waals surface area contributed by atoms with E-state index < -0.39 is 0 Å². The smallest absolute Gasteiger partial charge is 0.0762 e. The van der Waals surface area contributed by atoms with Gasteiger partial charge in [-0.25, -0.2) is 0 Å². The topological polar surface area (TPSA) is 32.3 Å². The van der Waals surface area contributed by atoms with E-state index in [0.717, 1.165) is 18.7 Å². The molecule has 2 atom stereocenters. The molecule has 2 unspecified atom stereocenters. The maximum Gasteiger partial charge on any atom is 0.0762 e. The van der Waals surface area contributed by atoms with Crippen molar-refractivity contribution < 1.29 is 5.11 Å². The van der Waals surface area contributed by atoms with Gasteiger partial charge in [-0.1, -0.05) is 24.3 Å². The van der Waals surface area contributed by atoms with Crippen LogP contribution in [0.1, 0.15) is 42.9 Å². The van der Waals surface area contributed by atoms with Crippen molar-refractivity contribution in [3.05, 3.63) is 35.4 Å². The Morgan fingerprint density at radius 2 is 2.33 bits per heavy atom. The summed E-state index contributed by atoms with van der Waals surface area (Å²) in [6.45, 7) is 4.04. The molecular formula is C13H19NO. The molecule has 2 N–H and O–H groups in total. The van der Waals surface area contributed by atoms with Crippen LogP contribution in [0.15, 0.2) is 24.3 Å². The molecule has 1 aromatic carbocycles. The van der Waals surface area contributed by atoms with Crippen LogP contribution in [-0.2, 0) is 0 Å². The normalized spacial score (nSPS) is 23.7. The van der Waals surface area contributed by atoms with Crippen molar-refractivity contribution in [2.75, 3.05) is 13.1 Å². The van der Waals surface area contributed by atoms with Crippen LogP contribution < -0.4 is 5.32 Å². The number of hydrogen-bond donors (Lipinski definition) is 2. The molecule has 0 amide bonds. The molecular weight excluding hydrogens is 186 g/mol. The summed E-state index contributed by atoms with van der Waals surface area (Å²) in [5.41, 5.74) is 2.39. The first-order valence-electron chi connectivity index (χ1n) is 5.76. The minimum atomic E-state index is -0.360. The quantitative estimate of drug-likeness (QED) is 0.776. The molecule has 1 saturated heterocycles. The predicted molar refractivity (Wildman–Crippen MR) is 61.9 cm³/mol. The molecule has 2 rings (SSSR count). The van der Waals surface area contributed by atoms with E-state index in [0.29, 0.717) is 5.92 Å². The first-order valence-corrected chi connectivity index (χ1v) is 5.76. The Morgan fingerprint density at radius 3 is 3.00 bits per heavy atom. The van der Waals surface area contributed by atoms with Crippen LogP contribution in [0.5, 0.6) is 0 Å². The lowest BCUT2D eigenvalue weighted by atomic mass is 9.90. The fourth-order valence-electron chi connectivity index (χ4n) is 2.21. The second kappa shape index (κ2) is 4.77. The Kier molecular flexibility index (Phi) is 3.39. The van der Waals surface area contributed by atoms with Gasteiger partial charge in [-0.2, -0.15) is 0 Å². The Morgan fingerprint density at radius 1 is 1.47 bits per heavy atom. The third kappa shape index (κ3) is 2.58. The molecule has 1 fully saturated rings. The van der Waals surface area contributed by atoms with Crippen molar-refractivity contribution in [2.45, 2.75) is 31.8 Å². The highest BCUT2D eigenvalue weighted by atomic mass is 16.3. The molecule has 2 heteroatoms. The van der Waals surface area contributed by atoms with Gasteiger partial charge in [-0.15, -0.1) is 0 Å². The summed E-state index contributed by atoms with van der Waals surface area (Å²) in [5.74, 6) is 0.623. The van der Waals surface area contributed by atoms with Crippen LogP contribution in [0, 0.1) is 0 Å². The number of aliphatic hydroxyl groups is 1. The van der Waals surface area contributed by atoms with Gasteiger partial charge in [-0.05, 0) is 43.4 Å². The molecule has 0 saturated carbocycles. The van der Waals surface area contributed by atoms with Gasteiger partial charge in [0.15, 0.2) is 0 Å². The van der Waals surface area contributed by atoms with E-state index in [1.807, 2.05) is 19.1 Å². The standard InChI is InChI=1S/C13H19NO/c1-10(15)11-4-2-5-12(8-11)13-6-3-7-14-9-13/h2,4-5,8,10,13-15H,3,6-7,9H2,1H3. The maximum absolute atomic E-state index is 9.53. The van der Waals surface area contributed by atoms with Gasteiger partial charge in [0.1, 0.15) is 0 Å². The molecule has 2 nitrogen and oxygen atoms in total. The number of aliphatic hydroxyl groups excluding tert-OH is 1. The monoisotopic (exact) mass is 205 g/mol. The highest BCUT2D eigenvalue weighted by Gasteiger charge is 2.15. The highest BCUT2D eigenvalue weighted by Crippen LogP contribution is 2.25. The number of rotatable bonds is 2. The number of nitrogens with one attached hydrogen (secondary N) is 1. The van der Waals surface area contributed by atoms with Gasteiger partial charge < -0.3 is 10.4 Å². The zero-order valence-corrected chi connectivity index (χ0v) is 9.24. The minimum absolute atomic E-state index is 0.360. The number of hydrogen-bond acceptors (Lipinski definition) is 2. The lowest BCUT2D eigenvalue weighted by Gasteiger charge is -2.23. The van der Waals surface area contributed by atoms with Crippen LogP contribution in [0.3, 0.4) is 0 Å². The molecule has 0 spiro atoms. The molecule has 0 aromatic heterocycles. The Bertz CT molecular complexity index is 316. The van der Waals surface area contributed by atoms with E-state index in [4.69, 9.17) is 0 Å². The summed E-state index contributed by atoms with van der Waals surface area (Å²) in [7, 11) is 0. The largest absolute Gasteiger partial charge is 0.389 e. The molecule has 1 aliphatic heterocycles. The first-order chi connectivity index (χ1) is 7.27. The van der Waals surface area contributed by atoms with Crippen molar-refractivity contribution in [1.82, 2.24) is 5.32 Å². The van der Waals surface area contributed by atoms with Gasteiger partial charge >= 0.3 is 0 Å². The Balaban J connectivity index is 2.16. The summed E-state index contributed by atoms with van der Waals surface area (Å²) < 4.78 is 0.